The van der Waals surface area contributed by atoms with Gasteiger partial charge < -0.3 is 9.47 Å². The highest BCUT2D eigenvalue weighted by atomic mass is 16.5. The van der Waals surface area contributed by atoms with Gasteiger partial charge >= 0.3 is 11.9 Å². The highest BCUT2D eigenvalue weighted by molar-refractivity contribution is 5.91. The van der Waals surface area contributed by atoms with Crippen LogP contribution in [0.4, 0.5) is 0 Å². The van der Waals surface area contributed by atoms with Crippen molar-refractivity contribution >= 4 is 11.9 Å². The van der Waals surface area contributed by atoms with E-state index in [2.05, 4.69) is 30.0 Å². The van der Waals surface area contributed by atoms with Crippen molar-refractivity contribution in [2.24, 2.45) is 0 Å². The van der Waals surface area contributed by atoms with E-state index in [9.17, 15) is 9.59 Å². The molecule has 0 aliphatic heterocycles. The maximum atomic E-state index is 12.1. The fourth-order valence-corrected chi connectivity index (χ4v) is 3.82. The fraction of sp³-hybridized carbons (Fsp3) is 0.125. The van der Waals surface area contributed by atoms with Crippen molar-refractivity contribution in [2.45, 2.75) is 13.8 Å². The van der Waals surface area contributed by atoms with E-state index in [1.807, 2.05) is 54.6 Å². The van der Waals surface area contributed by atoms with E-state index >= 15 is 0 Å². The Hall–Kier alpha value is -4.62. The first kappa shape index (κ1) is 24.5. The van der Waals surface area contributed by atoms with Gasteiger partial charge in [0.1, 0.15) is 0 Å². The van der Waals surface area contributed by atoms with Gasteiger partial charge in [-0.3, -0.25) is 0 Å². The first-order chi connectivity index (χ1) is 17.6. The Kier molecular flexibility index (Phi) is 7.95. The second kappa shape index (κ2) is 11.7. The average molecular weight is 475 g/mol. The number of hydrogen-bond acceptors (Lipinski definition) is 4. The molecular formula is C32H26O4. The highest BCUT2D eigenvalue weighted by Gasteiger charge is 2.12. The number of rotatable bonds is 6. The third-order valence-corrected chi connectivity index (χ3v) is 5.58. The fourth-order valence-electron chi connectivity index (χ4n) is 3.82. The number of benzene rings is 4. The van der Waals surface area contributed by atoms with Crippen molar-refractivity contribution in [3.05, 3.63) is 119 Å². The lowest BCUT2D eigenvalue weighted by Crippen LogP contribution is -2.04. The molecule has 4 rings (SSSR count). The summed E-state index contributed by atoms with van der Waals surface area (Å²) in [5.41, 5.74) is 6.65. The van der Waals surface area contributed by atoms with Crippen molar-refractivity contribution < 1.29 is 19.1 Å². The summed E-state index contributed by atoms with van der Waals surface area (Å²) in [5.74, 6) is 5.93. The summed E-state index contributed by atoms with van der Waals surface area (Å²) >= 11 is 0. The molecule has 36 heavy (non-hydrogen) atoms. The molecular weight excluding hydrogens is 448 g/mol. The molecule has 0 saturated carbocycles. The topological polar surface area (TPSA) is 52.6 Å². The van der Waals surface area contributed by atoms with Crippen molar-refractivity contribution in [2.75, 3.05) is 13.2 Å². The second-order valence-electron chi connectivity index (χ2n) is 7.94. The third kappa shape index (κ3) is 5.71. The number of esters is 2. The third-order valence-electron chi connectivity index (χ3n) is 5.58. The van der Waals surface area contributed by atoms with Gasteiger partial charge in [0.15, 0.2) is 0 Å². The smallest absolute Gasteiger partial charge is 0.338 e. The maximum absolute atomic E-state index is 12.1. The second-order valence-corrected chi connectivity index (χ2v) is 7.94. The quantitative estimate of drug-likeness (QED) is 0.228. The Morgan fingerprint density at radius 1 is 0.583 bits per heavy atom. The Labute approximate surface area is 211 Å². The molecule has 0 bridgehead atoms. The molecule has 0 heterocycles. The van der Waals surface area contributed by atoms with Crippen LogP contribution in [0.3, 0.4) is 0 Å². The molecule has 4 nitrogen and oxygen atoms in total. The Morgan fingerprint density at radius 3 is 1.61 bits per heavy atom. The highest BCUT2D eigenvalue weighted by Crippen LogP contribution is 2.32. The summed E-state index contributed by atoms with van der Waals surface area (Å²) < 4.78 is 10.2. The van der Waals surface area contributed by atoms with Crippen LogP contribution in [0.2, 0.25) is 0 Å². The van der Waals surface area contributed by atoms with Gasteiger partial charge in [0.05, 0.1) is 24.3 Å². The van der Waals surface area contributed by atoms with Gasteiger partial charge in [-0.15, -0.1) is 0 Å². The van der Waals surface area contributed by atoms with Crippen molar-refractivity contribution in [1.29, 1.82) is 0 Å². The van der Waals surface area contributed by atoms with E-state index in [4.69, 9.17) is 9.47 Å². The van der Waals surface area contributed by atoms with Gasteiger partial charge in [0.2, 0.25) is 0 Å². The summed E-state index contributed by atoms with van der Waals surface area (Å²) in [6.45, 7) is 4.24. The number of carbonyl (C=O) groups is 2. The Bertz CT molecular complexity index is 1410. The minimum atomic E-state index is -0.347. The zero-order valence-electron chi connectivity index (χ0n) is 20.3. The molecule has 4 aromatic carbocycles. The molecule has 0 aliphatic carbocycles. The van der Waals surface area contributed by atoms with Crippen LogP contribution in [-0.4, -0.2) is 25.2 Å². The summed E-state index contributed by atoms with van der Waals surface area (Å²) in [6.07, 6.45) is 0. The summed E-state index contributed by atoms with van der Waals surface area (Å²) in [6, 6.07) is 30.6. The van der Waals surface area contributed by atoms with Crippen LogP contribution in [0.1, 0.15) is 45.7 Å². The first-order valence-electron chi connectivity index (χ1n) is 11.9. The van der Waals surface area contributed by atoms with Gasteiger partial charge in [0.25, 0.3) is 0 Å². The molecule has 0 atom stereocenters. The van der Waals surface area contributed by atoms with Crippen molar-refractivity contribution in [3.63, 3.8) is 0 Å². The number of carbonyl (C=O) groups excluding carboxylic acids is 2. The predicted molar refractivity (Wildman–Crippen MR) is 142 cm³/mol. The molecule has 0 fully saturated rings. The lowest BCUT2D eigenvalue weighted by atomic mass is 9.91. The average Bonchev–Trinajstić information content (AvgIpc) is 2.93. The van der Waals surface area contributed by atoms with Crippen LogP contribution in [0.15, 0.2) is 97.1 Å². The predicted octanol–water partition coefficient (Wildman–Crippen LogP) is 6.77. The molecule has 4 aromatic rings. The van der Waals surface area contributed by atoms with Gasteiger partial charge in [0, 0.05) is 11.1 Å². The van der Waals surface area contributed by atoms with Gasteiger partial charge in [-0.05, 0) is 72.5 Å². The molecule has 0 aliphatic rings. The Morgan fingerprint density at radius 2 is 1.08 bits per heavy atom. The van der Waals surface area contributed by atoms with Crippen LogP contribution >= 0.6 is 0 Å². The van der Waals surface area contributed by atoms with E-state index in [0.29, 0.717) is 24.3 Å². The molecule has 0 aromatic heterocycles. The zero-order chi connectivity index (χ0) is 25.3. The van der Waals surface area contributed by atoms with Gasteiger partial charge in [-0.2, -0.15) is 0 Å². The Balaban J connectivity index is 1.76. The lowest BCUT2D eigenvalue weighted by molar-refractivity contribution is 0.0517. The normalized spacial score (nSPS) is 10.2. The van der Waals surface area contributed by atoms with E-state index < -0.39 is 0 Å². The van der Waals surface area contributed by atoms with Crippen LogP contribution in [0.5, 0.6) is 0 Å². The van der Waals surface area contributed by atoms with Crippen LogP contribution in [0, 0.1) is 11.8 Å². The van der Waals surface area contributed by atoms with Crippen LogP contribution < -0.4 is 0 Å². The van der Waals surface area contributed by atoms with Crippen molar-refractivity contribution in [1.82, 2.24) is 0 Å². The molecule has 178 valence electrons. The molecule has 4 heteroatoms. The first-order valence-corrected chi connectivity index (χ1v) is 11.9. The monoisotopic (exact) mass is 474 g/mol. The van der Waals surface area contributed by atoms with Crippen molar-refractivity contribution in [3.8, 4) is 34.1 Å². The van der Waals surface area contributed by atoms with Gasteiger partial charge in [-0.25, -0.2) is 9.59 Å². The number of hydrogen-bond donors (Lipinski definition) is 0. The van der Waals surface area contributed by atoms with Crippen LogP contribution in [0.25, 0.3) is 22.3 Å². The standard InChI is InChI=1S/C32H26O4/c1-3-35-31(33)26-16-13-23(14-17-26)15-22-30-28(24-9-6-5-7-10-24)11-8-12-29(30)25-18-20-27(21-19-25)32(34)36-4-2/h5-14,16-21H,3-4H2,1-2H3. The summed E-state index contributed by atoms with van der Waals surface area (Å²) in [4.78, 5) is 24.0. The van der Waals surface area contributed by atoms with E-state index in [0.717, 1.165) is 33.4 Å². The van der Waals surface area contributed by atoms with Crippen LogP contribution in [-0.2, 0) is 9.47 Å². The SMILES string of the molecule is CCOC(=O)c1ccc(C#Cc2c(-c3ccccc3)cccc2-c2ccc(C(=O)OCC)cc2)cc1. The molecule has 0 radical (unpaired) electrons. The summed E-state index contributed by atoms with van der Waals surface area (Å²) in [5, 5.41) is 0. The lowest BCUT2D eigenvalue weighted by Gasteiger charge is -2.12. The molecule has 0 unspecified atom stereocenters. The molecule has 0 N–H and O–H groups in total. The van der Waals surface area contributed by atoms with E-state index in [1.54, 1.807) is 38.1 Å². The summed E-state index contributed by atoms with van der Waals surface area (Å²) in [7, 11) is 0. The van der Waals surface area contributed by atoms with E-state index in [1.165, 1.54) is 0 Å². The maximum Gasteiger partial charge on any atom is 0.338 e. The number of ether oxygens (including phenoxy) is 2. The largest absolute Gasteiger partial charge is 0.462 e. The molecule has 0 amide bonds. The van der Waals surface area contributed by atoms with Gasteiger partial charge in [-0.1, -0.05) is 72.5 Å². The minimum Gasteiger partial charge on any atom is -0.462 e. The zero-order valence-corrected chi connectivity index (χ0v) is 20.3. The minimum absolute atomic E-state index is 0.334. The molecule has 0 spiro atoms. The van der Waals surface area contributed by atoms with E-state index in [-0.39, 0.29) is 11.9 Å². The molecule has 0 saturated heterocycles.